The van der Waals surface area contributed by atoms with E-state index in [0.717, 1.165) is 75.1 Å². The zero-order valence-electron chi connectivity index (χ0n) is 25.8. The molecule has 0 aliphatic rings. The summed E-state index contributed by atoms with van der Waals surface area (Å²) in [4.78, 5) is 13.2. The average molecular weight is 579 g/mol. The average Bonchev–Trinajstić information content (AvgIpc) is 3.03. The van der Waals surface area contributed by atoms with E-state index >= 15 is 0 Å². The number of hydrogen-bond acceptors (Lipinski definition) is 4. The van der Waals surface area contributed by atoms with Crippen molar-refractivity contribution in [3.05, 3.63) is 83.7 Å². The van der Waals surface area contributed by atoms with Gasteiger partial charge >= 0.3 is 5.97 Å². The van der Waals surface area contributed by atoms with Crippen LogP contribution in [0.2, 0.25) is 0 Å². The maximum Gasteiger partial charge on any atom is 0.338 e. The van der Waals surface area contributed by atoms with Gasteiger partial charge in [0, 0.05) is 5.39 Å². The fourth-order valence-electron chi connectivity index (χ4n) is 6.08. The monoisotopic (exact) mass is 578 g/mol. The van der Waals surface area contributed by atoms with Crippen LogP contribution in [0.4, 0.5) is 0 Å². The third-order valence-electron chi connectivity index (χ3n) is 8.42. The van der Waals surface area contributed by atoms with Crippen molar-refractivity contribution in [2.24, 2.45) is 0 Å². The second-order valence-corrected chi connectivity index (χ2v) is 11.3. The Morgan fingerprint density at radius 3 is 2.26 bits per heavy atom. The molecule has 0 saturated heterocycles. The maximum atomic E-state index is 13.2. The highest BCUT2D eigenvalue weighted by atomic mass is 16.5. The molecule has 5 heteroatoms. The second kappa shape index (κ2) is 14.4. The van der Waals surface area contributed by atoms with Gasteiger partial charge in [-0.25, -0.2) is 9.37 Å². The standard InChI is InChI=1S/C38H43NO4/c1-4-7-8-9-10-11-12-15-24-42-38(41)32-17-14-13-16-30(32)28-19-23-35-34(26-28)36(39(5-2)6-3)33-21-18-27-25-29(40)20-22-31(27)37(33)43-35/h13-14,16-23,25-26H,4-12,15,24H2,1-3H3/p+1. The normalized spacial score (nSPS) is 11.4. The van der Waals surface area contributed by atoms with Crippen LogP contribution in [0.25, 0.3) is 43.8 Å². The topological polar surface area (TPSA) is 62.7 Å². The molecule has 0 spiro atoms. The van der Waals surface area contributed by atoms with Gasteiger partial charge in [0.25, 0.3) is 0 Å². The lowest BCUT2D eigenvalue weighted by atomic mass is 9.97. The molecule has 5 rings (SSSR count). The number of phenolic OH excluding ortho intramolecular Hbond substituents is 1. The van der Waals surface area contributed by atoms with Gasteiger partial charge < -0.3 is 14.3 Å². The van der Waals surface area contributed by atoms with E-state index < -0.39 is 0 Å². The number of benzene rings is 4. The van der Waals surface area contributed by atoms with E-state index in [1.807, 2.05) is 48.5 Å². The largest absolute Gasteiger partial charge is 0.508 e. The van der Waals surface area contributed by atoms with Crippen molar-refractivity contribution in [3.8, 4) is 16.9 Å². The minimum atomic E-state index is -0.277. The first-order chi connectivity index (χ1) is 21.0. The van der Waals surface area contributed by atoms with Gasteiger partial charge in [-0.1, -0.05) is 82.2 Å². The molecule has 0 aliphatic heterocycles. The van der Waals surface area contributed by atoms with E-state index in [0.29, 0.717) is 12.2 Å². The van der Waals surface area contributed by atoms with Crippen molar-refractivity contribution in [1.82, 2.24) is 4.58 Å². The van der Waals surface area contributed by atoms with Gasteiger partial charge in [-0.15, -0.1) is 0 Å². The van der Waals surface area contributed by atoms with Gasteiger partial charge in [0.05, 0.1) is 22.9 Å². The number of unbranched alkanes of at least 4 members (excludes halogenated alkanes) is 7. The van der Waals surface area contributed by atoms with Crippen molar-refractivity contribution < 1.29 is 19.1 Å². The van der Waals surface area contributed by atoms with Gasteiger partial charge in [-0.05, 0) is 79.2 Å². The quantitative estimate of drug-likeness (QED) is 0.0497. The molecule has 0 aliphatic carbocycles. The third-order valence-corrected chi connectivity index (χ3v) is 8.42. The number of esters is 1. The minimum absolute atomic E-state index is 0.233. The molecule has 0 saturated carbocycles. The fraction of sp³-hybridized carbons (Fsp3) is 0.368. The number of carbonyl (C=O) groups excluding carboxylic acids is 1. The van der Waals surface area contributed by atoms with Crippen LogP contribution in [0, 0.1) is 0 Å². The first-order valence-electron chi connectivity index (χ1n) is 16.0. The summed E-state index contributed by atoms with van der Waals surface area (Å²) in [5.74, 6) is -0.0447. The van der Waals surface area contributed by atoms with E-state index in [4.69, 9.17) is 9.15 Å². The number of rotatable bonds is 13. The maximum absolute atomic E-state index is 13.2. The number of phenols is 1. The summed E-state index contributed by atoms with van der Waals surface area (Å²) in [6.07, 6.45) is 9.65. The zero-order chi connectivity index (χ0) is 30.2. The Bertz CT molecular complexity index is 1790. The molecule has 0 atom stereocenters. The molecule has 1 heterocycles. The lowest BCUT2D eigenvalue weighted by molar-refractivity contribution is 0.0498. The van der Waals surface area contributed by atoms with Crippen LogP contribution in [-0.4, -0.2) is 30.8 Å². The molecule has 5 aromatic rings. The van der Waals surface area contributed by atoms with Crippen molar-refractivity contribution in [1.29, 1.82) is 0 Å². The van der Waals surface area contributed by atoms with Crippen molar-refractivity contribution in [2.45, 2.75) is 72.1 Å². The van der Waals surface area contributed by atoms with Crippen LogP contribution in [0.1, 0.15) is 82.5 Å². The van der Waals surface area contributed by atoms with E-state index in [2.05, 4.69) is 37.5 Å². The fourth-order valence-corrected chi connectivity index (χ4v) is 6.08. The van der Waals surface area contributed by atoms with Crippen LogP contribution < -0.4 is 9.93 Å². The first-order valence-corrected chi connectivity index (χ1v) is 16.0. The highest BCUT2D eigenvalue weighted by Gasteiger charge is 2.19. The molecular weight excluding hydrogens is 534 g/mol. The van der Waals surface area contributed by atoms with E-state index in [9.17, 15) is 9.90 Å². The molecule has 43 heavy (non-hydrogen) atoms. The lowest BCUT2D eigenvalue weighted by Crippen LogP contribution is -2.30. The Kier molecular flexibility index (Phi) is 10.1. The number of aromatic hydroxyl groups is 1. The Labute approximate surface area is 254 Å². The molecule has 1 N–H and O–H groups in total. The number of carbonyl (C=O) groups is 1. The predicted octanol–water partition coefficient (Wildman–Crippen LogP) is 9.22. The van der Waals surface area contributed by atoms with Crippen molar-refractivity contribution >= 4 is 38.7 Å². The summed E-state index contributed by atoms with van der Waals surface area (Å²) in [6, 6.07) is 23.4. The first kappa shape index (κ1) is 30.3. The van der Waals surface area contributed by atoms with Crippen LogP contribution >= 0.6 is 0 Å². The molecule has 224 valence electrons. The van der Waals surface area contributed by atoms with Crippen molar-refractivity contribution in [2.75, 3.05) is 19.7 Å². The van der Waals surface area contributed by atoms with E-state index in [-0.39, 0.29) is 11.7 Å². The molecular formula is C38H44NO4+. The third kappa shape index (κ3) is 6.77. The summed E-state index contributed by atoms with van der Waals surface area (Å²) in [5.41, 5.74) is 3.94. The highest BCUT2D eigenvalue weighted by Crippen LogP contribution is 2.32. The number of nitrogens with zero attached hydrogens (tertiary/aromatic N) is 1. The van der Waals surface area contributed by atoms with Gasteiger partial charge in [0.15, 0.2) is 0 Å². The molecule has 0 amide bonds. The Morgan fingerprint density at radius 2 is 1.49 bits per heavy atom. The van der Waals surface area contributed by atoms with Crippen LogP contribution in [0.15, 0.2) is 77.2 Å². The number of hydrogen-bond donors (Lipinski definition) is 1. The molecule has 5 nitrogen and oxygen atoms in total. The predicted molar refractivity (Wildman–Crippen MR) is 178 cm³/mol. The van der Waals surface area contributed by atoms with Crippen LogP contribution in [0.5, 0.6) is 5.75 Å². The molecule has 0 radical (unpaired) electrons. The van der Waals surface area contributed by atoms with Crippen molar-refractivity contribution in [3.63, 3.8) is 0 Å². The molecule has 0 fully saturated rings. The smallest absolute Gasteiger partial charge is 0.338 e. The van der Waals surface area contributed by atoms with E-state index in [1.165, 1.54) is 38.5 Å². The van der Waals surface area contributed by atoms with E-state index in [1.54, 1.807) is 12.1 Å². The lowest BCUT2D eigenvalue weighted by Gasteiger charge is -2.12. The van der Waals surface area contributed by atoms with Gasteiger partial charge in [0.1, 0.15) is 30.0 Å². The summed E-state index contributed by atoms with van der Waals surface area (Å²) in [5, 5.41) is 15.0. The molecule has 4 aromatic carbocycles. The summed E-state index contributed by atoms with van der Waals surface area (Å²) in [6.45, 7) is 8.68. The van der Waals surface area contributed by atoms with Gasteiger partial charge in [-0.2, -0.15) is 0 Å². The number of fused-ring (bicyclic) bond motifs is 4. The summed E-state index contributed by atoms with van der Waals surface area (Å²) >= 11 is 0. The summed E-state index contributed by atoms with van der Waals surface area (Å²) < 4.78 is 14.7. The Balaban J connectivity index is 1.48. The molecule has 0 unspecified atom stereocenters. The van der Waals surface area contributed by atoms with Crippen LogP contribution in [0.3, 0.4) is 0 Å². The summed E-state index contributed by atoms with van der Waals surface area (Å²) in [7, 11) is 0. The van der Waals surface area contributed by atoms with Gasteiger partial charge in [-0.3, -0.25) is 0 Å². The highest BCUT2D eigenvalue weighted by molar-refractivity contribution is 6.07. The molecule has 0 bridgehead atoms. The Morgan fingerprint density at radius 1 is 0.767 bits per heavy atom. The van der Waals surface area contributed by atoms with Gasteiger partial charge in [0.2, 0.25) is 5.36 Å². The Hall–Kier alpha value is -4.12. The number of ether oxygens (including phenoxy) is 1. The zero-order valence-corrected chi connectivity index (χ0v) is 25.8. The minimum Gasteiger partial charge on any atom is -0.508 e. The van der Waals surface area contributed by atoms with Crippen LogP contribution in [-0.2, 0) is 4.74 Å². The molecule has 1 aromatic heterocycles. The second-order valence-electron chi connectivity index (χ2n) is 11.3. The SMILES string of the molecule is CCCCCCCCCCOC(=O)c1ccccc1-c1ccc2oc3c(ccc4cc(O)ccc43)c(=[N+](CC)CC)c2c1.